The van der Waals surface area contributed by atoms with Gasteiger partial charge in [-0.05, 0) is 69.5 Å². The predicted octanol–water partition coefficient (Wildman–Crippen LogP) is 4.68. The van der Waals surface area contributed by atoms with E-state index in [1.54, 1.807) is 0 Å². The van der Waals surface area contributed by atoms with Crippen LogP contribution in [0.1, 0.15) is 31.7 Å². The van der Waals surface area contributed by atoms with Gasteiger partial charge in [0.2, 0.25) is 11.8 Å². The Balaban J connectivity index is 1.43. The maximum Gasteiger partial charge on any atom is 0.237 e. The first-order chi connectivity index (χ1) is 14.0. The highest BCUT2D eigenvalue weighted by Gasteiger charge is 2.16. The molecule has 2 aromatic rings. The Morgan fingerprint density at radius 2 is 1.52 bits per heavy atom. The van der Waals surface area contributed by atoms with Crippen molar-refractivity contribution in [3.8, 4) is 0 Å². The zero-order valence-electron chi connectivity index (χ0n) is 17.1. The summed E-state index contributed by atoms with van der Waals surface area (Å²) < 4.78 is 0. The van der Waals surface area contributed by atoms with Crippen LogP contribution in [0.3, 0.4) is 0 Å². The van der Waals surface area contributed by atoms with E-state index in [-0.39, 0.29) is 22.8 Å². The molecule has 0 radical (unpaired) electrons. The van der Waals surface area contributed by atoms with Gasteiger partial charge in [-0.25, -0.2) is 0 Å². The summed E-state index contributed by atoms with van der Waals surface area (Å²) in [6.07, 6.45) is 3.79. The summed E-state index contributed by atoms with van der Waals surface area (Å²) in [5, 5.41) is 5.48. The van der Waals surface area contributed by atoms with Gasteiger partial charge in [0.1, 0.15) is 0 Å². The van der Waals surface area contributed by atoms with Crippen molar-refractivity contribution in [3.63, 3.8) is 0 Å². The lowest BCUT2D eigenvalue weighted by Gasteiger charge is -2.28. The lowest BCUT2D eigenvalue weighted by Crippen LogP contribution is -2.29. The molecule has 5 nitrogen and oxygen atoms in total. The molecule has 1 aliphatic heterocycles. The second kappa shape index (κ2) is 10.3. The molecule has 1 unspecified atom stereocenters. The van der Waals surface area contributed by atoms with Gasteiger partial charge in [-0.3, -0.25) is 9.59 Å². The van der Waals surface area contributed by atoms with Crippen molar-refractivity contribution < 1.29 is 9.59 Å². The molecular formula is C23H29N3O2S. The predicted molar refractivity (Wildman–Crippen MR) is 123 cm³/mol. The number of benzene rings is 2. The third-order valence-electron chi connectivity index (χ3n) is 5.03. The first kappa shape index (κ1) is 21.2. The van der Waals surface area contributed by atoms with Crippen molar-refractivity contribution in [3.05, 3.63) is 54.1 Å². The molecule has 1 fully saturated rings. The van der Waals surface area contributed by atoms with Crippen LogP contribution in [0.4, 0.5) is 17.1 Å². The number of piperidine rings is 1. The number of hydrogen-bond acceptors (Lipinski definition) is 4. The van der Waals surface area contributed by atoms with Crippen LogP contribution in [0.5, 0.6) is 0 Å². The minimum absolute atomic E-state index is 0.0936. The second-order valence-electron chi connectivity index (χ2n) is 7.45. The quantitative estimate of drug-likeness (QED) is 0.694. The number of aryl methyl sites for hydroxylation is 1. The first-order valence-electron chi connectivity index (χ1n) is 10.2. The van der Waals surface area contributed by atoms with E-state index >= 15 is 0 Å². The van der Waals surface area contributed by atoms with Gasteiger partial charge in [-0.1, -0.05) is 17.7 Å². The van der Waals surface area contributed by atoms with Gasteiger partial charge in [0.15, 0.2) is 0 Å². The van der Waals surface area contributed by atoms with Crippen LogP contribution >= 0.6 is 11.8 Å². The van der Waals surface area contributed by atoms with Crippen LogP contribution < -0.4 is 15.5 Å². The fraction of sp³-hybridized carbons (Fsp3) is 0.391. The van der Waals surface area contributed by atoms with Gasteiger partial charge < -0.3 is 15.5 Å². The molecule has 0 aromatic heterocycles. The van der Waals surface area contributed by atoms with E-state index in [4.69, 9.17) is 0 Å². The van der Waals surface area contributed by atoms with Gasteiger partial charge in [0.25, 0.3) is 0 Å². The monoisotopic (exact) mass is 411 g/mol. The Kier molecular flexibility index (Phi) is 7.58. The summed E-state index contributed by atoms with van der Waals surface area (Å²) in [5.41, 5.74) is 3.91. The van der Waals surface area contributed by atoms with Crippen molar-refractivity contribution in [2.24, 2.45) is 0 Å². The standard InChI is InChI=1S/C23H29N3O2S/c1-17-6-8-19(9-7-17)24-22(27)16-29-18(2)23(28)25-20-10-12-21(13-11-20)26-14-4-3-5-15-26/h6-13,18H,3-5,14-16H2,1-2H3,(H,24,27)(H,25,28). The fourth-order valence-electron chi connectivity index (χ4n) is 3.26. The number of nitrogens with zero attached hydrogens (tertiary/aromatic N) is 1. The summed E-state index contributed by atoms with van der Waals surface area (Å²) in [6.45, 7) is 6.03. The Bertz CT molecular complexity index is 815. The molecule has 0 bridgehead atoms. The number of carbonyl (C=O) groups is 2. The van der Waals surface area contributed by atoms with Gasteiger partial charge >= 0.3 is 0 Å². The average Bonchev–Trinajstić information content (AvgIpc) is 2.75. The highest BCUT2D eigenvalue weighted by molar-refractivity contribution is 8.01. The normalized spacial score (nSPS) is 14.9. The summed E-state index contributed by atoms with van der Waals surface area (Å²) in [4.78, 5) is 26.9. The van der Waals surface area contributed by atoms with E-state index in [1.165, 1.54) is 36.7 Å². The number of thioether (sulfide) groups is 1. The lowest BCUT2D eigenvalue weighted by atomic mass is 10.1. The maximum atomic E-state index is 12.4. The average molecular weight is 412 g/mol. The van der Waals surface area contributed by atoms with Crippen LogP contribution in [0.25, 0.3) is 0 Å². The van der Waals surface area contributed by atoms with Crippen molar-refractivity contribution in [1.82, 2.24) is 0 Å². The van der Waals surface area contributed by atoms with Crippen LogP contribution in [-0.2, 0) is 9.59 Å². The van der Waals surface area contributed by atoms with Crippen LogP contribution in [-0.4, -0.2) is 35.9 Å². The molecule has 154 valence electrons. The van der Waals surface area contributed by atoms with E-state index in [9.17, 15) is 9.59 Å². The highest BCUT2D eigenvalue weighted by Crippen LogP contribution is 2.22. The number of amides is 2. The van der Waals surface area contributed by atoms with Gasteiger partial charge in [-0.15, -0.1) is 11.8 Å². The smallest absolute Gasteiger partial charge is 0.237 e. The molecule has 0 aliphatic carbocycles. The van der Waals surface area contributed by atoms with Gasteiger partial charge in [-0.2, -0.15) is 0 Å². The third-order valence-corrected chi connectivity index (χ3v) is 6.17. The summed E-state index contributed by atoms with van der Waals surface area (Å²) in [6, 6.07) is 15.7. The van der Waals surface area contributed by atoms with Crippen molar-refractivity contribution >= 4 is 40.6 Å². The molecule has 1 aliphatic rings. The molecule has 2 aromatic carbocycles. The van der Waals surface area contributed by atoms with E-state index in [0.717, 1.165) is 30.0 Å². The lowest BCUT2D eigenvalue weighted by molar-refractivity contribution is -0.115. The topological polar surface area (TPSA) is 61.4 Å². The zero-order chi connectivity index (χ0) is 20.6. The zero-order valence-corrected chi connectivity index (χ0v) is 17.9. The van der Waals surface area contributed by atoms with Crippen molar-refractivity contribution in [2.45, 2.75) is 38.4 Å². The number of rotatable bonds is 7. The molecule has 1 atom stereocenters. The van der Waals surface area contributed by atoms with Gasteiger partial charge in [0, 0.05) is 30.2 Å². The molecule has 3 rings (SSSR count). The van der Waals surface area contributed by atoms with E-state index in [2.05, 4.69) is 27.7 Å². The molecule has 2 N–H and O–H groups in total. The molecule has 1 heterocycles. The minimum atomic E-state index is -0.319. The first-order valence-corrected chi connectivity index (χ1v) is 11.2. The molecule has 6 heteroatoms. The maximum absolute atomic E-state index is 12.4. The number of hydrogen-bond donors (Lipinski definition) is 2. The van der Waals surface area contributed by atoms with Crippen LogP contribution in [0.15, 0.2) is 48.5 Å². The number of carbonyl (C=O) groups excluding carboxylic acids is 2. The summed E-state index contributed by atoms with van der Waals surface area (Å²) in [7, 11) is 0. The number of anilines is 3. The minimum Gasteiger partial charge on any atom is -0.372 e. The van der Waals surface area contributed by atoms with E-state index in [1.807, 2.05) is 50.2 Å². The van der Waals surface area contributed by atoms with Gasteiger partial charge in [0.05, 0.1) is 11.0 Å². The van der Waals surface area contributed by atoms with Crippen LogP contribution in [0.2, 0.25) is 0 Å². The van der Waals surface area contributed by atoms with Crippen LogP contribution in [0, 0.1) is 6.92 Å². The highest BCUT2D eigenvalue weighted by atomic mass is 32.2. The molecule has 2 amide bonds. The van der Waals surface area contributed by atoms with E-state index in [0.29, 0.717) is 0 Å². The largest absolute Gasteiger partial charge is 0.372 e. The van der Waals surface area contributed by atoms with Crippen molar-refractivity contribution in [2.75, 3.05) is 34.4 Å². The Morgan fingerprint density at radius 3 is 2.17 bits per heavy atom. The molecule has 0 saturated carbocycles. The van der Waals surface area contributed by atoms with Crippen molar-refractivity contribution in [1.29, 1.82) is 0 Å². The third kappa shape index (κ3) is 6.53. The summed E-state index contributed by atoms with van der Waals surface area (Å²) in [5.74, 6) is 0.0318. The molecule has 0 spiro atoms. The van der Waals surface area contributed by atoms with E-state index < -0.39 is 0 Å². The summed E-state index contributed by atoms with van der Waals surface area (Å²) >= 11 is 1.33. The Labute approximate surface area is 177 Å². The molecule has 1 saturated heterocycles. The Morgan fingerprint density at radius 1 is 0.931 bits per heavy atom. The molecule has 29 heavy (non-hydrogen) atoms. The number of nitrogens with one attached hydrogen (secondary N) is 2. The molecular weight excluding hydrogens is 382 g/mol. The fourth-order valence-corrected chi connectivity index (χ4v) is 3.95. The Hall–Kier alpha value is -2.47. The second-order valence-corrected chi connectivity index (χ2v) is 8.78. The SMILES string of the molecule is Cc1ccc(NC(=O)CSC(C)C(=O)Nc2ccc(N3CCCCC3)cc2)cc1.